The zero-order chi connectivity index (χ0) is 33.0. The summed E-state index contributed by atoms with van der Waals surface area (Å²) in [6.45, 7) is 17.2. The van der Waals surface area contributed by atoms with Crippen LogP contribution < -0.4 is 0 Å². The van der Waals surface area contributed by atoms with Crippen molar-refractivity contribution in [2.75, 3.05) is 26.3 Å². The standard InChI is InChI=1S/C33H59NO5.2C2H6/c1-5-9-12-15-17-20-24-30(23-19-14-11-7-3)33(37)39-29-27-34(31(35)22-8-4)26-28-38-32(36)25-21-18-16-13-10-6-2;2*1-2/h8,10,13,22,30H,5-7,9,11-12,14-21,23-29H2,1-4H3;2*1-2H3/b13-10-,22-8-;;. The van der Waals surface area contributed by atoms with Gasteiger partial charge in [-0.1, -0.05) is 131 Å². The van der Waals surface area contributed by atoms with Gasteiger partial charge in [-0.05, 0) is 51.5 Å². The number of esters is 2. The Morgan fingerprint density at radius 3 is 1.77 bits per heavy atom. The number of unbranched alkanes of at least 4 members (excludes halogenated alkanes) is 10. The summed E-state index contributed by atoms with van der Waals surface area (Å²) in [6.07, 6.45) is 25.2. The molecule has 6 heteroatoms. The van der Waals surface area contributed by atoms with Crippen LogP contribution in [0, 0.1) is 5.92 Å². The van der Waals surface area contributed by atoms with E-state index in [1.165, 1.54) is 51.0 Å². The number of ether oxygens (including phenoxy) is 2. The van der Waals surface area contributed by atoms with E-state index in [0.717, 1.165) is 57.8 Å². The molecule has 0 aromatic rings. The van der Waals surface area contributed by atoms with E-state index in [-0.39, 0.29) is 50.1 Å². The Balaban J connectivity index is -0.00000382. The Labute approximate surface area is 267 Å². The first-order chi connectivity index (χ1) is 21.0. The average molecular weight is 610 g/mol. The second-order valence-electron chi connectivity index (χ2n) is 10.4. The van der Waals surface area contributed by atoms with Crippen molar-refractivity contribution in [1.29, 1.82) is 0 Å². The smallest absolute Gasteiger partial charge is 0.308 e. The molecule has 1 amide bonds. The molecule has 0 aliphatic rings. The monoisotopic (exact) mass is 610 g/mol. The predicted octanol–water partition coefficient (Wildman–Crippen LogP) is 10.4. The Morgan fingerprint density at radius 2 is 1.21 bits per heavy atom. The maximum atomic E-state index is 12.9. The van der Waals surface area contributed by atoms with Gasteiger partial charge in [-0.15, -0.1) is 0 Å². The molecule has 1 atom stereocenters. The Hall–Kier alpha value is -2.11. The summed E-state index contributed by atoms with van der Waals surface area (Å²) in [5.41, 5.74) is 0. The predicted molar refractivity (Wildman–Crippen MR) is 184 cm³/mol. The summed E-state index contributed by atoms with van der Waals surface area (Å²) in [5.74, 6) is -0.611. The number of carbonyl (C=O) groups excluding carboxylic acids is 3. The highest BCUT2D eigenvalue weighted by Gasteiger charge is 2.20. The zero-order valence-corrected chi connectivity index (χ0v) is 29.7. The van der Waals surface area contributed by atoms with Gasteiger partial charge >= 0.3 is 11.9 Å². The minimum atomic E-state index is -0.236. The lowest BCUT2D eigenvalue weighted by Gasteiger charge is -2.22. The van der Waals surface area contributed by atoms with E-state index in [1.54, 1.807) is 17.9 Å². The molecule has 0 aliphatic carbocycles. The van der Waals surface area contributed by atoms with Gasteiger partial charge in [0, 0.05) is 6.42 Å². The molecule has 0 saturated carbocycles. The minimum Gasteiger partial charge on any atom is -0.464 e. The summed E-state index contributed by atoms with van der Waals surface area (Å²) in [4.78, 5) is 39.1. The van der Waals surface area contributed by atoms with Crippen LogP contribution in [0.5, 0.6) is 0 Å². The molecule has 0 N–H and O–H groups in total. The van der Waals surface area contributed by atoms with Crippen LogP contribution in [-0.4, -0.2) is 49.0 Å². The number of hydrogen-bond acceptors (Lipinski definition) is 5. The fraction of sp³-hybridized carbons (Fsp3) is 0.811. The van der Waals surface area contributed by atoms with Crippen molar-refractivity contribution >= 4 is 17.8 Å². The molecule has 0 spiro atoms. The highest BCUT2D eigenvalue weighted by Crippen LogP contribution is 2.20. The summed E-state index contributed by atoms with van der Waals surface area (Å²) in [5, 5.41) is 0. The SMILES string of the molecule is C/C=C\C(=O)N(CCOC(=O)CCCC/C=C\CC)CCOC(=O)C(CCCCCC)CCCCCCCC.CC.CC. The third kappa shape index (κ3) is 31.1. The Bertz CT molecular complexity index is 674. The molecule has 254 valence electrons. The number of nitrogens with zero attached hydrogens (tertiary/aromatic N) is 1. The van der Waals surface area contributed by atoms with Gasteiger partial charge in [0.15, 0.2) is 0 Å². The Kier molecular flexibility index (Phi) is 40.0. The van der Waals surface area contributed by atoms with Crippen molar-refractivity contribution in [2.24, 2.45) is 5.92 Å². The minimum absolute atomic E-state index is 0.0638. The molecule has 0 rings (SSSR count). The van der Waals surface area contributed by atoms with Gasteiger partial charge in [0.1, 0.15) is 13.2 Å². The lowest BCUT2D eigenvalue weighted by molar-refractivity contribution is -0.150. The van der Waals surface area contributed by atoms with E-state index in [4.69, 9.17) is 9.47 Å². The van der Waals surface area contributed by atoms with E-state index >= 15 is 0 Å². The van der Waals surface area contributed by atoms with E-state index in [2.05, 4.69) is 32.9 Å². The van der Waals surface area contributed by atoms with Crippen molar-refractivity contribution in [3.63, 3.8) is 0 Å². The third-order valence-corrected chi connectivity index (χ3v) is 6.90. The van der Waals surface area contributed by atoms with Crippen LogP contribution in [0.3, 0.4) is 0 Å². The highest BCUT2D eigenvalue weighted by atomic mass is 16.5. The highest BCUT2D eigenvalue weighted by molar-refractivity contribution is 5.87. The maximum Gasteiger partial charge on any atom is 0.308 e. The molecule has 0 aliphatic heterocycles. The van der Waals surface area contributed by atoms with Crippen molar-refractivity contribution in [3.8, 4) is 0 Å². The first-order valence-corrected chi connectivity index (χ1v) is 17.9. The van der Waals surface area contributed by atoms with Crippen LogP contribution in [0.2, 0.25) is 0 Å². The quantitative estimate of drug-likeness (QED) is 0.0422. The van der Waals surface area contributed by atoms with Gasteiger partial charge < -0.3 is 14.4 Å². The topological polar surface area (TPSA) is 72.9 Å². The van der Waals surface area contributed by atoms with Crippen LogP contribution in [0.1, 0.15) is 165 Å². The van der Waals surface area contributed by atoms with Gasteiger partial charge in [-0.2, -0.15) is 0 Å². The van der Waals surface area contributed by atoms with E-state index in [1.807, 2.05) is 27.7 Å². The number of allylic oxidation sites excluding steroid dienone is 3. The molecule has 43 heavy (non-hydrogen) atoms. The molecule has 0 aromatic heterocycles. The summed E-state index contributed by atoms with van der Waals surface area (Å²) in [6, 6.07) is 0. The average Bonchev–Trinajstić information content (AvgIpc) is 3.02. The fourth-order valence-electron chi connectivity index (χ4n) is 4.48. The second kappa shape index (κ2) is 37.9. The number of carbonyl (C=O) groups is 3. The van der Waals surface area contributed by atoms with Gasteiger partial charge in [-0.25, -0.2) is 0 Å². The van der Waals surface area contributed by atoms with Gasteiger partial charge in [0.25, 0.3) is 0 Å². The normalized spacial score (nSPS) is 11.3. The van der Waals surface area contributed by atoms with Gasteiger partial charge in [0.05, 0.1) is 19.0 Å². The molecule has 0 aromatic carbocycles. The van der Waals surface area contributed by atoms with Crippen LogP contribution in [0.4, 0.5) is 0 Å². The molecule has 0 radical (unpaired) electrons. The van der Waals surface area contributed by atoms with Crippen molar-refractivity contribution in [1.82, 2.24) is 4.90 Å². The van der Waals surface area contributed by atoms with E-state index in [0.29, 0.717) is 6.42 Å². The molecule has 6 nitrogen and oxygen atoms in total. The van der Waals surface area contributed by atoms with Crippen LogP contribution >= 0.6 is 0 Å². The lowest BCUT2D eigenvalue weighted by Crippen LogP contribution is -2.36. The number of hydrogen-bond donors (Lipinski definition) is 0. The van der Waals surface area contributed by atoms with Crippen LogP contribution in [-0.2, 0) is 23.9 Å². The third-order valence-electron chi connectivity index (χ3n) is 6.90. The summed E-state index contributed by atoms with van der Waals surface area (Å²) >= 11 is 0. The number of rotatable bonds is 26. The van der Waals surface area contributed by atoms with Crippen molar-refractivity contribution in [3.05, 3.63) is 24.3 Å². The Morgan fingerprint density at radius 1 is 0.674 bits per heavy atom. The molecular formula is C37H71NO5. The van der Waals surface area contributed by atoms with Crippen LogP contribution in [0.15, 0.2) is 24.3 Å². The molecule has 0 fully saturated rings. The first-order valence-electron chi connectivity index (χ1n) is 17.9. The van der Waals surface area contributed by atoms with Gasteiger partial charge in [-0.3, -0.25) is 14.4 Å². The lowest BCUT2D eigenvalue weighted by atomic mass is 9.94. The molecule has 0 bridgehead atoms. The first kappa shape index (κ1) is 45.3. The van der Waals surface area contributed by atoms with E-state index < -0.39 is 0 Å². The van der Waals surface area contributed by atoms with E-state index in [9.17, 15) is 14.4 Å². The molecular weight excluding hydrogens is 538 g/mol. The fourth-order valence-corrected chi connectivity index (χ4v) is 4.48. The van der Waals surface area contributed by atoms with Crippen molar-refractivity contribution in [2.45, 2.75) is 165 Å². The number of amides is 1. The van der Waals surface area contributed by atoms with Crippen LogP contribution in [0.25, 0.3) is 0 Å². The molecule has 0 saturated heterocycles. The zero-order valence-electron chi connectivity index (χ0n) is 29.7. The van der Waals surface area contributed by atoms with Gasteiger partial charge in [0.2, 0.25) is 5.91 Å². The molecule has 1 unspecified atom stereocenters. The maximum absolute atomic E-state index is 12.9. The summed E-state index contributed by atoms with van der Waals surface area (Å²) in [7, 11) is 0. The molecule has 0 heterocycles. The summed E-state index contributed by atoms with van der Waals surface area (Å²) < 4.78 is 11.0. The van der Waals surface area contributed by atoms with Crippen molar-refractivity contribution < 1.29 is 23.9 Å². The second-order valence-corrected chi connectivity index (χ2v) is 10.4. The largest absolute Gasteiger partial charge is 0.464 e.